The van der Waals surface area contributed by atoms with E-state index in [1.54, 1.807) is 10.9 Å². The van der Waals surface area contributed by atoms with Gasteiger partial charge in [-0.2, -0.15) is 5.10 Å². The van der Waals surface area contributed by atoms with Crippen LogP contribution in [0, 0.1) is 5.92 Å². The molecular weight excluding hydrogens is 292 g/mol. The topological polar surface area (TPSA) is 58.4 Å². The van der Waals surface area contributed by atoms with Gasteiger partial charge in [-0.3, -0.25) is 14.3 Å². The van der Waals surface area contributed by atoms with Crippen molar-refractivity contribution in [3.63, 3.8) is 0 Å². The van der Waals surface area contributed by atoms with Crippen LogP contribution in [0.4, 0.5) is 0 Å². The molecule has 2 aliphatic rings. The molecule has 0 saturated carbocycles. The lowest BCUT2D eigenvalue weighted by molar-refractivity contribution is -0.141. The van der Waals surface area contributed by atoms with E-state index in [9.17, 15) is 9.59 Å². The van der Waals surface area contributed by atoms with Crippen molar-refractivity contribution in [1.82, 2.24) is 19.6 Å². The summed E-state index contributed by atoms with van der Waals surface area (Å²) in [6, 6.07) is 1.62. The van der Waals surface area contributed by atoms with Crippen LogP contribution in [0.1, 0.15) is 45.1 Å². The number of likely N-dealkylation sites (tertiary alicyclic amines) is 2. The van der Waals surface area contributed by atoms with Crippen molar-refractivity contribution in [2.75, 3.05) is 26.2 Å². The maximum Gasteiger partial charge on any atom is 0.247 e. The summed E-state index contributed by atoms with van der Waals surface area (Å²) in [5.74, 6) is 0.527. The average Bonchev–Trinajstić information content (AvgIpc) is 3.29. The number of piperidine rings is 1. The summed E-state index contributed by atoms with van der Waals surface area (Å²) in [4.78, 5) is 29.1. The fourth-order valence-electron chi connectivity index (χ4n) is 3.69. The second-order valence-electron chi connectivity index (χ2n) is 6.54. The van der Waals surface area contributed by atoms with Crippen LogP contribution in [0.15, 0.2) is 18.5 Å². The lowest BCUT2D eigenvalue weighted by Crippen LogP contribution is -2.45. The number of nitrogens with zero attached hydrogens (tertiary/aromatic N) is 4. The van der Waals surface area contributed by atoms with Gasteiger partial charge in [0.2, 0.25) is 11.8 Å². The van der Waals surface area contributed by atoms with Crippen LogP contribution in [0.5, 0.6) is 0 Å². The van der Waals surface area contributed by atoms with Gasteiger partial charge in [0.05, 0.1) is 0 Å². The molecule has 0 aliphatic carbocycles. The molecule has 2 aliphatic heterocycles. The second-order valence-corrected chi connectivity index (χ2v) is 6.54. The zero-order chi connectivity index (χ0) is 16.2. The number of amides is 2. The summed E-state index contributed by atoms with van der Waals surface area (Å²) < 4.78 is 1.74. The summed E-state index contributed by atoms with van der Waals surface area (Å²) in [5, 5.41) is 4.21. The summed E-state index contributed by atoms with van der Waals surface area (Å²) in [6.45, 7) is 5.19. The molecule has 0 bridgehead atoms. The maximum atomic E-state index is 12.7. The number of carbonyl (C=O) groups excluding carboxylic acids is 2. The number of carbonyl (C=O) groups is 2. The Morgan fingerprint density at radius 2 is 1.83 bits per heavy atom. The van der Waals surface area contributed by atoms with E-state index in [1.807, 2.05) is 29.0 Å². The Morgan fingerprint density at radius 1 is 1.13 bits per heavy atom. The first-order chi connectivity index (χ1) is 11.2. The van der Waals surface area contributed by atoms with Crippen LogP contribution in [0.25, 0.3) is 0 Å². The molecule has 3 heterocycles. The zero-order valence-corrected chi connectivity index (χ0v) is 13.9. The van der Waals surface area contributed by atoms with E-state index in [0.717, 1.165) is 45.2 Å². The third kappa shape index (κ3) is 3.41. The van der Waals surface area contributed by atoms with E-state index in [2.05, 4.69) is 5.10 Å². The van der Waals surface area contributed by atoms with Gasteiger partial charge in [0.1, 0.15) is 6.04 Å². The molecule has 2 saturated heterocycles. The molecule has 2 amide bonds. The molecule has 0 radical (unpaired) electrons. The predicted molar refractivity (Wildman–Crippen MR) is 86.7 cm³/mol. The summed E-state index contributed by atoms with van der Waals surface area (Å²) >= 11 is 0. The smallest absolute Gasteiger partial charge is 0.247 e. The van der Waals surface area contributed by atoms with Gasteiger partial charge in [0.15, 0.2) is 0 Å². The van der Waals surface area contributed by atoms with Gasteiger partial charge >= 0.3 is 0 Å². The molecule has 1 aromatic rings. The summed E-state index contributed by atoms with van der Waals surface area (Å²) in [7, 11) is 0. The highest BCUT2D eigenvalue weighted by Crippen LogP contribution is 2.24. The molecule has 1 aromatic heterocycles. The molecule has 6 nitrogen and oxygen atoms in total. The first-order valence-electron chi connectivity index (χ1n) is 8.77. The fourth-order valence-corrected chi connectivity index (χ4v) is 3.69. The molecule has 1 atom stereocenters. The second kappa shape index (κ2) is 7.15. The molecule has 126 valence electrons. The first-order valence-corrected chi connectivity index (χ1v) is 8.77. The van der Waals surface area contributed by atoms with Crippen molar-refractivity contribution in [3.05, 3.63) is 18.5 Å². The Morgan fingerprint density at radius 3 is 2.39 bits per heavy atom. The monoisotopic (exact) mass is 318 g/mol. The molecule has 0 spiro atoms. The standard InChI is InChI=1S/C17H26N4O2/c1-2-15(21-11-5-8-18-21)17(23)20-12-6-14(7-13-20)16(22)19-9-3-4-10-19/h5,8,11,14-15H,2-4,6-7,9-10,12-13H2,1H3/t15-/m1/s1. The minimum atomic E-state index is -0.226. The van der Waals surface area contributed by atoms with Gasteiger partial charge in [-0.05, 0) is 38.2 Å². The number of hydrogen-bond acceptors (Lipinski definition) is 3. The Hall–Kier alpha value is -1.85. The molecule has 2 fully saturated rings. The molecule has 23 heavy (non-hydrogen) atoms. The van der Waals surface area contributed by atoms with E-state index in [4.69, 9.17) is 0 Å². The largest absolute Gasteiger partial charge is 0.342 e. The molecular formula is C17H26N4O2. The highest BCUT2D eigenvalue weighted by atomic mass is 16.2. The van der Waals surface area contributed by atoms with E-state index in [1.165, 1.54) is 0 Å². The lowest BCUT2D eigenvalue weighted by atomic mass is 9.94. The van der Waals surface area contributed by atoms with Crippen molar-refractivity contribution in [3.8, 4) is 0 Å². The average molecular weight is 318 g/mol. The van der Waals surface area contributed by atoms with Gasteiger partial charge in [-0.1, -0.05) is 6.92 Å². The molecule has 0 aromatic carbocycles. The Balaban J connectivity index is 1.55. The van der Waals surface area contributed by atoms with Crippen molar-refractivity contribution in [1.29, 1.82) is 0 Å². The fraction of sp³-hybridized carbons (Fsp3) is 0.706. The summed E-state index contributed by atoms with van der Waals surface area (Å²) in [5.41, 5.74) is 0. The van der Waals surface area contributed by atoms with Crippen molar-refractivity contribution in [2.24, 2.45) is 5.92 Å². The first kappa shape index (κ1) is 16.0. The SMILES string of the molecule is CC[C@H](C(=O)N1CCC(C(=O)N2CCCC2)CC1)n1cccn1. The van der Waals surface area contributed by atoms with Gasteiger partial charge in [0.25, 0.3) is 0 Å². The van der Waals surface area contributed by atoms with Crippen LogP contribution >= 0.6 is 0 Å². The lowest BCUT2D eigenvalue weighted by Gasteiger charge is -2.34. The zero-order valence-electron chi connectivity index (χ0n) is 13.9. The van der Waals surface area contributed by atoms with E-state index >= 15 is 0 Å². The van der Waals surface area contributed by atoms with Gasteiger partial charge in [-0.25, -0.2) is 0 Å². The quantitative estimate of drug-likeness (QED) is 0.849. The van der Waals surface area contributed by atoms with Crippen LogP contribution < -0.4 is 0 Å². The van der Waals surface area contributed by atoms with Crippen LogP contribution in [0.2, 0.25) is 0 Å². The Kier molecular flexibility index (Phi) is 4.98. The van der Waals surface area contributed by atoms with Crippen LogP contribution in [-0.2, 0) is 9.59 Å². The molecule has 3 rings (SSSR count). The van der Waals surface area contributed by atoms with Crippen molar-refractivity contribution in [2.45, 2.75) is 45.1 Å². The third-order valence-electron chi connectivity index (χ3n) is 5.09. The van der Waals surface area contributed by atoms with Gasteiger partial charge in [-0.15, -0.1) is 0 Å². The normalized spacial score (nSPS) is 20.7. The van der Waals surface area contributed by atoms with Crippen molar-refractivity contribution < 1.29 is 9.59 Å². The highest BCUT2D eigenvalue weighted by Gasteiger charge is 2.33. The van der Waals surface area contributed by atoms with Crippen molar-refractivity contribution >= 4 is 11.8 Å². The molecule has 0 N–H and O–H groups in total. The van der Waals surface area contributed by atoms with E-state index in [0.29, 0.717) is 19.0 Å². The number of hydrogen-bond donors (Lipinski definition) is 0. The molecule has 6 heteroatoms. The van der Waals surface area contributed by atoms with E-state index < -0.39 is 0 Å². The van der Waals surface area contributed by atoms with Crippen LogP contribution in [0.3, 0.4) is 0 Å². The van der Waals surface area contributed by atoms with Gasteiger partial charge < -0.3 is 9.80 Å². The van der Waals surface area contributed by atoms with E-state index in [-0.39, 0.29) is 17.9 Å². The number of aromatic nitrogens is 2. The minimum Gasteiger partial charge on any atom is -0.342 e. The number of rotatable bonds is 4. The van der Waals surface area contributed by atoms with Crippen LogP contribution in [-0.4, -0.2) is 57.6 Å². The highest BCUT2D eigenvalue weighted by molar-refractivity contribution is 5.82. The third-order valence-corrected chi connectivity index (χ3v) is 5.09. The van der Waals surface area contributed by atoms with Gasteiger partial charge in [0, 0.05) is 44.5 Å². The maximum absolute atomic E-state index is 12.7. The Labute approximate surface area is 137 Å². The Bertz CT molecular complexity index is 529. The summed E-state index contributed by atoms with van der Waals surface area (Å²) in [6.07, 6.45) is 8.11. The molecule has 0 unspecified atom stereocenters. The predicted octanol–water partition coefficient (Wildman–Crippen LogP) is 1.70. The minimum absolute atomic E-state index is 0.0990.